The highest BCUT2D eigenvalue weighted by Crippen LogP contribution is 2.43. The molecule has 0 spiro atoms. The number of rotatable bonds is 6. The summed E-state index contributed by atoms with van der Waals surface area (Å²) in [4.78, 5) is 4.57. The summed E-state index contributed by atoms with van der Waals surface area (Å²) >= 11 is 0. The molecule has 4 rings (SSSR count). The molecule has 1 aromatic rings. The van der Waals surface area contributed by atoms with Crippen molar-refractivity contribution < 1.29 is 9.13 Å². The molecule has 2 fully saturated rings. The van der Waals surface area contributed by atoms with Gasteiger partial charge in [-0.2, -0.15) is 0 Å². The number of fused-ring (bicyclic) bond motifs is 1. The fraction of sp³-hybridized carbons (Fsp3) is 0.700. The molecule has 1 aliphatic carbocycles. The monoisotopic (exact) mass is 377 g/mol. The molecule has 1 saturated heterocycles. The minimum absolute atomic E-state index is 0.102. The van der Waals surface area contributed by atoms with Crippen LogP contribution in [0.4, 0.5) is 15.8 Å². The number of hydrogen-bond donors (Lipinski definition) is 2. The zero-order valence-corrected chi connectivity index (χ0v) is 16.5. The molecular formula is C20H32FN5O. The van der Waals surface area contributed by atoms with E-state index in [-0.39, 0.29) is 11.9 Å². The van der Waals surface area contributed by atoms with Gasteiger partial charge in [0, 0.05) is 51.1 Å². The first-order valence-corrected chi connectivity index (χ1v) is 10.1. The molecular weight excluding hydrogens is 345 g/mol. The van der Waals surface area contributed by atoms with E-state index in [4.69, 9.17) is 16.3 Å². The summed E-state index contributed by atoms with van der Waals surface area (Å²) in [5.74, 6) is 6.34. The lowest BCUT2D eigenvalue weighted by molar-refractivity contribution is 0.180. The zero-order chi connectivity index (χ0) is 19.1. The van der Waals surface area contributed by atoms with Crippen LogP contribution in [0.3, 0.4) is 0 Å². The molecule has 0 aromatic heterocycles. The van der Waals surface area contributed by atoms with Gasteiger partial charge in [-0.25, -0.2) is 9.40 Å². The minimum Gasteiger partial charge on any atom is -0.385 e. The van der Waals surface area contributed by atoms with Crippen molar-refractivity contribution in [3.8, 4) is 0 Å². The van der Waals surface area contributed by atoms with Gasteiger partial charge in [0.15, 0.2) is 0 Å². The van der Waals surface area contributed by atoms with Crippen molar-refractivity contribution in [3.05, 3.63) is 23.0 Å². The summed E-state index contributed by atoms with van der Waals surface area (Å²) in [5, 5.41) is 1.78. The summed E-state index contributed by atoms with van der Waals surface area (Å²) in [6.45, 7) is 5.73. The Labute approximate surface area is 161 Å². The number of halogens is 1. The Bertz CT molecular complexity index is 695. The van der Waals surface area contributed by atoms with Crippen molar-refractivity contribution in [3.63, 3.8) is 0 Å². The van der Waals surface area contributed by atoms with Crippen LogP contribution < -0.4 is 21.4 Å². The molecule has 3 aliphatic rings. The molecule has 1 saturated carbocycles. The molecule has 4 N–H and O–H groups in total. The largest absolute Gasteiger partial charge is 0.385 e. The molecule has 150 valence electrons. The second kappa shape index (κ2) is 7.54. The molecule has 2 atom stereocenters. The number of hydrogen-bond acceptors (Lipinski definition) is 6. The Morgan fingerprint density at radius 2 is 2.07 bits per heavy atom. The first kappa shape index (κ1) is 18.9. The third-order valence-electron chi connectivity index (χ3n) is 6.33. The normalized spacial score (nSPS) is 24.4. The van der Waals surface area contributed by atoms with Gasteiger partial charge in [-0.05, 0) is 55.7 Å². The molecule has 0 amide bonds. The molecule has 2 aliphatic heterocycles. The maximum absolute atomic E-state index is 15.1. The average Bonchev–Trinajstić information content (AvgIpc) is 3.36. The van der Waals surface area contributed by atoms with Crippen LogP contribution in [0, 0.1) is 18.7 Å². The van der Waals surface area contributed by atoms with E-state index >= 15 is 4.39 Å². The Kier molecular flexibility index (Phi) is 5.29. The van der Waals surface area contributed by atoms with Gasteiger partial charge in [-0.3, -0.25) is 5.84 Å². The van der Waals surface area contributed by atoms with Crippen molar-refractivity contribution in [2.45, 2.75) is 51.2 Å². The van der Waals surface area contributed by atoms with Crippen LogP contribution in [-0.2, 0) is 11.3 Å². The van der Waals surface area contributed by atoms with Crippen molar-refractivity contribution in [1.82, 2.24) is 5.01 Å². The summed E-state index contributed by atoms with van der Waals surface area (Å²) < 4.78 is 20.3. The Morgan fingerprint density at radius 1 is 1.30 bits per heavy atom. The predicted molar refractivity (Wildman–Crippen MR) is 106 cm³/mol. The first-order valence-electron chi connectivity index (χ1n) is 10.1. The van der Waals surface area contributed by atoms with E-state index in [0.717, 1.165) is 42.7 Å². The molecule has 1 aromatic carbocycles. The minimum atomic E-state index is -0.136. The molecule has 0 radical (unpaired) electrons. The van der Waals surface area contributed by atoms with E-state index in [0.29, 0.717) is 31.8 Å². The standard InChI is InChI=1S/C20H32FN5O/c1-13-19-15(11-25(23)12-26(19)16-3-4-16)9-17(21)20(13)24-7-5-14(10-24)18(22)6-8-27-2/h9,14,16,18H,3-8,10-12,22-23H2,1-2H3/t14-,18+/m1/s1. The second-order valence-corrected chi connectivity index (χ2v) is 8.37. The maximum atomic E-state index is 15.1. The third kappa shape index (κ3) is 3.66. The fourth-order valence-electron chi connectivity index (χ4n) is 4.78. The van der Waals surface area contributed by atoms with Gasteiger partial charge < -0.3 is 20.3 Å². The van der Waals surface area contributed by atoms with Gasteiger partial charge in [0.1, 0.15) is 5.82 Å². The number of nitrogens with two attached hydrogens (primary N) is 2. The average molecular weight is 378 g/mol. The molecule has 2 heterocycles. The molecule has 0 unspecified atom stereocenters. The van der Waals surface area contributed by atoms with E-state index in [1.54, 1.807) is 18.2 Å². The number of nitrogens with zero attached hydrogens (tertiary/aromatic N) is 3. The lowest BCUT2D eigenvalue weighted by Crippen LogP contribution is -2.47. The third-order valence-corrected chi connectivity index (χ3v) is 6.33. The number of benzene rings is 1. The van der Waals surface area contributed by atoms with Gasteiger partial charge in [0.05, 0.1) is 12.4 Å². The summed E-state index contributed by atoms with van der Waals surface area (Å²) in [6, 6.07) is 2.34. The molecule has 0 bridgehead atoms. The van der Waals surface area contributed by atoms with Gasteiger partial charge in [-0.1, -0.05) is 0 Å². The number of methoxy groups -OCH3 is 1. The Hall–Kier alpha value is -1.41. The first-order chi connectivity index (χ1) is 13.0. The van der Waals surface area contributed by atoms with Crippen LogP contribution in [0.25, 0.3) is 0 Å². The SMILES string of the molecule is COCC[C@H](N)[C@@H]1CCN(c2c(F)cc3c(c2C)N(C2CC2)CN(N)C3)C1. The van der Waals surface area contributed by atoms with E-state index in [2.05, 4.69) is 16.7 Å². The summed E-state index contributed by atoms with van der Waals surface area (Å²) in [7, 11) is 1.70. The molecule has 6 nitrogen and oxygen atoms in total. The van der Waals surface area contributed by atoms with Gasteiger partial charge >= 0.3 is 0 Å². The van der Waals surface area contributed by atoms with Crippen LogP contribution in [0.15, 0.2) is 6.07 Å². The highest BCUT2D eigenvalue weighted by Gasteiger charge is 2.37. The fourth-order valence-corrected chi connectivity index (χ4v) is 4.78. The van der Waals surface area contributed by atoms with E-state index in [9.17, 15) is 0 Å². The molecule has 7 heteroatoms. The van der Waals surface area contributed by atoms with E-state index in [1.165, 1.54) is 18.5 Å². The lowest BCUT2D eigenvalue weighted by atomic mass is 9.97. The second-order valence-electron chi connectivity index (χ2n) is 8.37. The topological polar surface area (TPSA) is 71.0 Å². The maximum Gasteiger partial charge on any atom is 0.147 e. The van der Waals surface area contributed by atoms with Crippen molar-refractivity contribution in [2.75, 3.05) is 43.3 Å². The van der Waals surface area contributed by atoms with Crippen molar-refractivity contribution in [1.29, 1.82) is 0 Å². The van der Waals surface area contributed by atoms with E-state index < -0.39 is 0 Å². The number of hydrazine groups is 1. The lowest BCUT2D eigenvalue weighted by Gasteiger charge is -2.39. The zero-order valence-electron chi connectivity index (χ0n) is 16.5. The Morgan fingerprint density at radius 3 is 2.78 bits per heavy atom. The highest BCUT2D eigenvalue weighted by molar-refractivity contribution is 5.73. The van der Waals surface area contributed by atoms with Crippen LogP contribution in [0.5, 0.6) is 0 Å². The Balaban J connectivity index is 1.60. The number of anilines is 2. The smallest absolute Gasteiger partial charge is 0.147 e. The molecule has 27 heavy (non-hydrogen) atoms. The van der Waals surface area contributed by atoms with Gasteiger partial charge in [0.2, 0.25) is 0 Å². The summed E-state index contributed by atoms with van der Waals surface area (Å²) in [5.41, 5.74) is 10.4. The van der Waals surface area contributed by atoms with E-state index in [1.807, 2.05) is 0 Å². The van der Waals surface area contributed by atoms with Gasteiger partial charge in [0.25, 0.3) is 0 Å². The van der Waals surface area contributed by atoms with Gasteiger partial charge in [-0.15, -0.1) is 0 Å². The highest BCUT2D eigenvalue weighted by atomic mass is 19.1. The van der Waals surface area contributed by atoms with Crippen LogP contribution >= 0.6 is 0 Å². The van der Waals surface area contributed by atoms with Crippen LogP contribution in [-0.4, -0.2) is 50.6 Å². The van der Waals surface area contributed by atoms with Crippen LogP contribution in [0.2, 0.25) is 0 Å². The number of ether oxygens (including phenoxy) is 1. The predicted octanol–water partition coefficient (Wildman–Crippen LogP) is 1.94. The van der Waals surface area contributed by atoms with Crippen molar-refractivity contribution >= 4 is 11.4 Å². The van der Waals surface area contributed by atoms with Crippen LogP contribution in [0.1, 0.15) is 36.8 Å². The quantitative estimate of drug-likeness (QED) is 0.739. The summed E-state index contributed by atoms with van der Waals surface area (Å²) in [6.07, 6.45) is 4.24. The van der Waals surface area contributed by atoms with Crippen molar-refractivity contribution in [2.24, 2.45) is 17.5 Å².